The molecule has 2 aliphatic rings. The molecule has 3 amide bonds. The maximum atomic E-state index is 11.1. The van der Waals surface area contributed by atoms with Crippen molar-refractivity contribution in [1.29, 1.82) is 0 Å². The first-order valence-electron chi connectivity index (χ1n) is 3.68. The van der Waals surface area contributed by atoms with Crippen molar-refractivity contribution in [3.8, 4) is 0 Å². The van der Waals surface area contributed by atoms with Crippen LogP contribution < -0.4 is 10.6 Å². The summed E-state index contributed by atoms with van der Waals surface area (Å²) in [6.45, 7) is 0.679. The number of rotatable bonds is 1. The zero-order chi connectivity index (χ0) is 8.55. The Bertz CT molecular complexity index is 262. The van der Waals surface area contributed by atoms with E-state index in [1.54, 1.807) is 11.2 Å². The van der Waals surface area contributed by atoms with Gasteiger partial charge in [0.05, 0.1) is 0 Å². The Hall–Kier alpha value is -1.59. The van der Waals surface area contributed by atoms with Gasteiger partial charge in [0, 0.05) is 19.2 Å². The summed E-state index contributed by atoms with van der Waals surface area (Å²) in [6.07, 6.45) is 1.92. The fourth-order valence-corrected chi connectivity index (χ4v) is 1.22. The third-order valence-corrected chi connectivity index (χ3v) is 1.77. The van der Waals surface area contributed by atoms with Gasteiger partial charge in [-0.3, -0.25) is 15.1 Å². The van der Waals surface area contributed by atoms with Gasteiger partial charge in [-0.2, -0.15) is 5.10 Å². The van der Waals surface area contributed by atoms with Crippen LogP contribution in [0.15, 0.2) is 5.10 Å². The molecule has 0 aromatic rings. The van der Waals surface area contributed by atoms with Crippen molar-refractivity contribution in [3.05, 3.63) is 0 Å². The molecule has 12 heavy (non-hydrogen) atoms. The number of hydrogen-bond donors (Lipinski definition) is 2. The van der Waals surface area contributed by atoms with Crippen molar-refractivity contribution in [2.24, 2.45) is 5.10 Å². The minimum absolute atomic E-state index is 0.334. The van der Waals surface area contributed by atoms with Crippen LogP contribution >= 0.6 is 0 Å². The largest absolute Gasteiger partial charge is 0.323 e. The maximum Gasteiger partial charge on any atom is 0.323 e. The van der Waals surface area contributed by atoms with Crippen molar-refractivity contribution in [2.45, 2.75) is 12.6 Å². The van der Waals surface area contributed by atoms with Gasteiger partial charge in [0.25, 0.3) is 5.91 Å². The molecule has 0 aliphatic carbocycles. The highest BCUT2D eigenvalue weighted by Gasteiger charge is 2.34. The van der Waals surface area contributed by atoms with Crippen LogP contribution in [-0.4, -0.2) is 35.9 Å². The Morgan fingerprint density at radius 2 is 2.42 bits per heavy atom. The second kappa shape index (κ2) is 2.47. The molecule has 1 unspecified atom stereocenters. The van der Waals surface area contributed by atoms with Gasteiger partial charge < -0.3 is 5.32 Å². The first-order chi connectivity index (χ1) is 5.77. The van der Waals surface area contributed by atoms with E-state index in [1.165, 1.54) is 0 Å². The van der Waals surface area contributed by atoms with E-state index in [9.17, 15) is 9.59 Å². The molecule has 2 N–H and O–H groups in total. The number of nitrogens with one attached hydrogen (secondary N) is 2. The van der Waals surface area contributed by atoms with Gasteiger partial charge in [0.1, 0.15) is 0 Å². The van der Waals surface area contributed by atoms with Crippen LogP contribution in [-0.2, 0) is 4.79 Å². The van der Waals surface area contributed by atoms with Gasteiger partial charge in [-0.1, -0.05) is 0 Å². The van der Waals surface area contributed by atoms with Gasteiger partial charge in [-0.05, 0) is 0 Å². The highest BCUT2D eigenvalue weighted by Crippen LogP contribution is 2.06. The lowest BCUT2D eigenvalue weighted by molar-refractivity contribution is -0.123. The minimum Gasteiger partial charge on any atom is -0.308 e. The number of urea groups is 1. The van der Waals surface area contributed by atoms with Gasteiger partial charge in [0.15, 0.2) is 6.17 Å². The second-order valence-corrected chi connectivity index (χ2v) is 2.62. The third kappa shape index (κ3) is 1.01. The number of amides is 3. The van der Waals surface area contributed by atoms with E-state index >= 15 is 0 Å². The van der Waals surface area contributed by atoms with Crippen molar-refractivity contribution in [2.75, 3.05) is 6.54 Å². The molecule has 0 aromatic carbocycles. The minimum atomic E-state index is -0.615. The van der Waals surface area contributed by atoms with E-state index < -0.39 is 12.2 Å². The lowest BCUT2D eigenvalue weighted by Gasteiger charge is -2.18. The van der Waals surface area contributed by atoms with E-state index in [2.05, 4.69) is 15.7 Å². The number of hydrazone groups is 1. The summed E-state index contributed by atoms with van der Waals surface area (Å²) in [6, 6.07) is -0.452. The van der Waals surface area contributed by atoms with Gasteiger partial charge in [0.2, 0.25) is 0 Å². The van der Waals surface area contributed by atoms with Crippen molar-refractivity contribution in [3.63, 3.8) is 0 Å². The summed E-state index contributed by atoms with van der Waals surface area (Å²) in [4.78, 5) is 21.8. The number of imide groups is 1. The molecule has 0 bridgehead atoms. The molecule has 2 heterocycles. The Labute approximate surface area is 68.6 Å². The molecule has 1 fully saturated rings. The summed E-state index contributed by atoms with van der Waals surface area (Å²) < 4.78 is 0. The number of carbonyl (C=O) groups excluding carboxylic acids is 2. The molecule has 6 nitrogen and oxygen atoms in total. The van der Waals surface area contributed by atoms with E-state index in [0.717, 1.165) is 6.42 Å². The number of nitrogens with zero attached hydrogens (tertiary/aromatic N) is 2. The SMILES string of the molecule is O=C1NC(=O)C(N2CCC=N2)N1. The predicted octanol–water partition coefficient (Wildman–Crippen LogP) is -1.16. The van der Waals surface area contributed by atoms with Crippen LogP contribution in [0.25, 0.3) is 0 Å². The summed E-state index contributed by atoms with van der Waals surface area (Å²) in [7, 11) is 0. The monoisotopic (exact) mass is 168 g/mol. The van der Waals surface area contributed by atoms with Gasteiger partial charge in [-0.15, -0.1) is 0 Å². The smallest absolute Gasteiger partial charge is 0.308 e. The van der Waals surface area contributed by atoms with Gasteiger partial charge in [-0.25, -0.2) is 4.79 Å². The maximum absolute atomic E-state index is 11.1. The normalized spacial score (nSPS) is 27.7. The van der Waals surface area contributed by atoms with Crippen LogP contribution in [0.1, 0.15) is 6.42 Å². The molecule has 64 valence electrons. The fraction of sp³-hybridized carbons (Fsp3) is 0.500. The molecule has 2 rings (SSSR count). The van der Waals surface area contributed by atoms with Crippen molar-refractivity contribution in [1.82, 2.24) is 15.6 Å². The zero-order valence-corrected chi connectivity index (χ0v) is 6.28. The van der Waals surface area contributed by atoms with Crippen molar-refractivity contribution >= 4 is 18.2 Å². The predicted molar refractivity (Wildman–Crippen MR) is 40.3 cm³/mol. The summed E-state index contributed by atoms with van der Waals surface area (Å²) in [5.74, 6) is -0.334. The Morgan fingerprint density at radius 1 is 1.58 bits per heavy atom. The van der Waals surface area contributed by atoms with Gasteiger partial charge >= 0.3 is 6.03 Å². The van der Waals surface area contributed by atoms with Crippen LogP contribution in [0.3, 0.4) is 0 Å². The Balaban J connectivity index is 2.08. The third-order valence-electron chi connectivity index (χ3n) is 1.77. The highest BCUT2D eigenvalue weighted by atomic mass is 16.2. The standard InChI is InChI=1S/C6H8N4O2/c11-5-4(8-6(12)9-5)10-3-1-2-7-10/h2,4H,1,3H2,(H2,8,9,11,12). The quantitative estimate of drug-likeness (QED) is 0.485. The molecule has 2 aliphatic heterocycles. The number of hydrogen-bond acceptors (Lipinski definition) is 4. The molecule has 0 spiro atoms. The molecule has 0 saturated carbocycles. The number of carbonyl (C=O) groups is 2. The Kier molecular flexibility index (Phi) is 1.46. The van der Waals surface area contributed by atoms with Crippen LogP contribution in [0.2, 0.25) is 0 Å². The topological polar surface area (TPSA) is 73.8 Å². The summed E-state index contributed by atoms with van der Waals surface area (Å²) >= 11 is 0. The molecule has 1 atom stereocenters. The Morgan fingerprint density at radius 3 is 2.92 bits per heavy atom. The molecular weight excluding hydrogens is 160 g/mol. The molecule has 1 saturated heterocycles. The van der Waals surface area contributed by atoms with E-state index in [0.29, 0.717) is 6.54 Å². The summed E-state index contributed by atoms with van der Waals surface area (Å²) in [5, 5.41) is 10.1. The molecule has 0 radical (unpaired) electrons. The fourth-order valence-electron chi connectivity index (χ4n) is 1.22. The van der Waals surface area contributed by atoms with Crippen molar-refractivity contribution < 1.29 is 9.59 Å². The molecule has 0 aromatic heterocycles. The van der Waals surface area contributed by atoms with Crippen LogP contribution in [0.4, 0.5) is 4.79 Å². The second-order valence-electron chi connectivity index (χ2n) is 2.62. The van der Waals surface area contributed by atoms with E-state index in [-0.39, 0.29) is 5.91 Å². The average Bonchev–Trinajstić information content (AvgIpc) is 2.58. The highest BCUT2D eigenvalue weighted by molar-refractivity contribution is 6.03. The van der Waals surface area contributed by atoms with Crippen LogP contribution in [0.5, 0.6) is 0 Å². The van der Waals surface area contributed by atoms with Crippen LogP contribution in [0, 0.1) is 0 Å². The molecular formula is C6H8N4O2. The molecule has 6 heteroatoms. The van der Waals surface area contributed by atoms with E-state index in [4.69, 9.17) is 0 Å². The first-order valence-corrected chi connectivity index (χ1v) is 3.68. The first kappa shape index (κ1) is 7.08. The average molecular weight is 168 g/mol. The van der Waals surface area contributed by atoms with E-state index in [1.807, 2.05) is 0 Å². The summed E-state index contributed by atoms with van der Waals surface area (Å²) in [5.41, 5.74) is 0. The lowest BCUT2D eigenvalue weighted by atomic mass is 10.4. The lowest BCUT2D eigenvalue weighted by Crippen LogP contribution is -2.42. The zero-order valence-electron chi connectivity index (χ0n) is 6.28.